The smallest absolute Gasteiger partial charge is 0.338 e. The van der Waals surface area contributed by atoms with Gasteiger partial charge in [0.15, 0.2) is 0 Å². The number of carbonyl (C=O) groups is 2. The van der Waals surface area contributed by atoms with Crippen LogP contribution in [-0.4, -0.2) is 18.0 Å². The first-order valence-electron chi connectivity index (χ1n) is 9.86. The first kappa shape index (κ1) is 20.6. The van der Waals surface area contributed by atoms with Crippen molar-refractivity contribution in [3.05, 3.63) is 51.2 Å². The summed E-state index contributed by atoms with van der Waals surface area (Å²) in [4.78, 5) is 26.3. The largest absolute Gasteiger partial charge is 0.459 e. The third-order valence-electron chi connectivity index (χ3n) is 5.32. The highest BCUT2D eigenvalue weighted by Crippen LogP contribution is 2.40. The highest BCUT2D eigenvalue weighted by molar-refractivity contribution is 7.10. The summed E-state index contributed by atoms with van der Waals surface area (Å²) in [7, 11) is 0. The van der Waals surface area contributed by atoms with E-state index in [1.165, 1.54) is 10.4 Å². The van der Waals surface area contributed by atoms with Crippen molar-refractivity contribution in [2.75, 3.05) is 5.32 Å². The molecule has 0 fully saturated rings. The number of carbonyl (C=O) groups excluding carboxylic acids is 2. The SMILES string of the molecule is CC(C)OC(=O)c1cccc(NC(=O)c2csc3c2CCC(C(C)(C)C)C3)c1. The second kappa shape index (κ2) is 8.08. The van der Waals surface area contributed by atoms with Crippen LogP contribution in [0.1, 0.15) is 72.2 Å². The monoisotopic (exact) mass is 399 g/mol. The molecule has 1 aliphatic rings. The third-order valence-corrected chi connectivity index (χ3v) is 6.37. The second-order valence-electron chi connectivity index (χ2n) is 8.85. The van der Waals surface area contributed by atoms with E-state index in [9.17, 15) is 9.59 Å². The topological polar surface area (TPSA) is 55.4 Å². The highest BCUT2D eigenvalue weighted by Gasteiger charge is 2.31. The van der Waals surface area contributed by atoms with Gasteiger partial charge in [-0.3, -0.25) is 4.79 Å². The first-order valence-corrected chi connectivity index (χ1v) is 10.7. The zero-order valence-corrected chi connectivity index (χ0v) is 18.1. The molecule has 1 aromatic carbocycles. The Morgan fingerprint density at radius 1 is 1.25 bits per heavy atom. The Labute approximate surface area is 171 Å². The van der Waals surface area contributed by atoms with Gasteiger partial charge in [0, 0.05) is 15.9 Å². The van der Waals surface area contributed by atoms with Crippen molar-refractivity contribution >= 4 is 28.9 Å². The molecule has 1 atom stereocenters. The van der Waals surface area contributed by atoms with Crippen LogP contribution < -0.4 is 5.32 Å². The summed E-state index contributed by atoms with van der Waals surface area (Å²) >= 11 is 1.69. The summed E-state index contributed by atoms with van der Waals surface area (Å²) in [5.74, 6) is 0.159. The van der Waals surface area contributed by atoms with Gasteiger partial charge < -0.3 is 10.1 Å². The number of esters is 1. The molecule has 4 nitrogen and oxygen atoms in total. The van der Waals surface area contributed by atoms with E-state index < -0.39 is 0 Å². The predicted molar refractivity (Wildman–Crippen MR) is 114 cm³/mol. The molecule has 0 aliphatic heterocycles. The highest BCUT2D eigenvalue weighted by atomic mass is 32.1. The molecule has 1 amide bonds. The molecule has 0 spiro atoms. The molecule has 0 saturated heterocycles. The molecule has 1 aromatic heterocycles. The van der Waals surface area contributed by atoms with Crippen LogP contribution >= 0.6 is 11.3 Å². The van der Waals surface area contributed by atoms with Crippen LogP contribution in [0.5, 0.6) is 0 Å². The number of benzene rings is 1. The van der Waals surface area contributed by atoms with Gasteiger partial charge in [0.2, 0.25) is 0 Å². The maximum atomic E-state index is 12.9. The number of fused-ring (bicyclic) bond motifs is 1. The molecule has 5 heteroatoms. The molecule has 2 aromatic rings. The minimum Gasteiger partial charge on any atom is -0.459 e. The lowest BCUT2D eigenvalue weighted by atomic mass is 9.72. The number of anilines is 1. The number of ether oxygens (including phenoxy) is 1. The van der Waals surface area contributed by atoms with Crippen LogP contribution in [-0.2, 0) is 17.6 Å². The van der Waals surface area contributed by atoms with Crippen LogP contribution in [0.25, 0.3) is 0 Å². The maximum absolute atomic E-state index is 12.9. The number of hydrogen-bond donors (Lipinski definition) is 1. The van der Waals surface area contributed by atoms with Crippen molar-refractivity contribution in [3.63, 3.8) is 0 Å². The van der Waals surface area contributed by atoms with Crippen molar-refractivity contribution < 1.29 is 14.3 Å². The number of amides is 1. The van der Waals surface area contributed by atoms with Gasteiger partial charge in [-0.2, -0.15) is 0 Å². The molecule has 1 N–H and O–H groups in total. The molecule has 1 unspecified atom stereocenters. The Morgan fingerprint density at radius 2 is 2.00 bits per heavy atom. The predicted octanol–water partition coefficient (Wildman–Crippen LogP) is 5.72. The zero-order valence-electron chi connectivity index (χ0n) is 17.3. The van der Waals surface area contributed by atoms with Gasteiger partial charge >= 0.3 is 5.97 Å². The van der Waals surface area contributed by atoms with Gasteiger partial charge in [-0.15, -0.1) is 11.3 Å². The van der Waals surface area contributed by atoms with Crippen LogP contribution in [0.4, 0.5) is 5.69 Å². The van der Waals surface area contributed by atoms with Crippen molar-refractivity contribution in [1.29, 1.82) is 0 Å². The molecule has 1 heterocycles. The van der Waals surface area contributed by atoms with Gasteiger partial charge in [-0.05, 0) is 68.2 Å². The van der Waals surface area contributed by atoms with Crippen LogP contribution in [0.2, 0.25) is 0 Å². The summed E-state index contributed by atoms with van der Waals surface area (Å²) < 4.78 is 5.23. The fourth-order valence-electron chi connectivity index (χ4n) is 3.65. The fourth-order valence-corrected chi connectivity index (χ4v) is 4.81. The van der Waals surface area contributed by atoms with Gasteiger partial charge in [0.1, 0.15) is 0 Å². The number of rotatable bonds is 4. The van der Waals surface area contributed by atoms with Gasteiger partial charge in [0.25, 0.3) is 5.91 Å². The first-order chi connectivity index (χ1) is 13.1. The summed E-state index contributed by atoms with van der Waals surface area (Å²) in [5.41, 5.74) is 3.29. The summed E-state index contributed by atoms with van der Waals surface area (Å²) in [6.45, 7) is 10.5. The van der Waals surface area contributed by atoms with Crippen molar-refractivity contribution in [3.8, 4) is 0 Å². The lowest BCUT2D eigenvalue weighted by Crippen LogP contribution is -2.27. The molecule has 3 rings (SSSR count). The molecular formula is C23H29NO3S. The fraction of sp³-hybridized carbons (Fsp3) is 0.478. The van der Waals surface area contributed by atoms with E-state index in [2.05, 4.69) is 26.1 Å². The molecule has 0 saturated carbocycles. The number of thiophene rings is 1. The molecule has 150 valence electrons. The quantitative estimate of drug-likeness (QED) is 0.669. The number of nitrogens with one attached hydrogen (secondary N) is 1. The van der Waals surface area contributed by atoms with Crippen LogP contribution in [0.15, 0.2) is 29.6 Å². The van der Waals surface area contributed by atoms with Crippen LogP contribution in [0, 0.1) is 11.3 Å². The Kier molecular flexibility index (Phi) is 5.94. The van der Waals surface area contributed by atoms with E-state index in [1.807, 2.05) is 19.2 Å². The molecule has 0 radical (unpaired) electrons. The van der Waals surface area contributed by atoms with E-state index in [1.54, 1.807) is 35.6 Å². The Hall–Kier alpha value is -2.14. The van der Waals surface area contributed by atoms with E-state index in [4.69, 9.17) is 4.74 Å². The molecule has 28 heavy (non-hydrogen) atoms. The van der Waals surface area contributed by atoms with E-state index >= 15 is 0 Å². The van der Waals surface area contributed by atoms with Crippen molar-refractivity contribution in [2.45, 2.75) is 60.0 Å². The lowest BCUT2D eigenvalue weighted by Gasteiger charge is -2.34. The second-order valence-corrected chi connectivity index (χ2v) is 9.81. The average molecular weight is 400 g/mol. The van der Waals surface area contributed by atoms with E-state index in [-0.39, 0.29) is 23.4 Å². The molecular weight excluding hydrogens is 370 g/mol. The van der Waals surface area contributed by atoms with Gasteiger partial charge in [-0.25, -0.2) is 4.79 Å². The minimum absolute atomic E-state index is 0.110. The average Bonchev–Trinajstić information content (AvgIpc) is 3.04. The third kappa shape index (κ3) is 4.64. The van der Waals surface area contributed by atoms with E-state index in [0.29, 0.717) is 17.2 Å². The van der Waals surface area contributed by atoms with Gasteiger partial charge in [-0.1, -0.05) is 26.8 Å². The Balaban J connectivity index is 1.73. The summed E-state index contributed by atoms with van der Waals surface area (Å²) in [5, 5.41) is 4.92. The van der Waals surface area contributed by atoms with Gasteiger partial charge in [0.05, 0.1) is 17.2 Å². The molecule has 0 bridgehead atoms. The summed E-state index contributed by atoms with van der Waals surface area (Å²) in [6.07, 6.45) is 2.93. The van der Waals surface area contributed by atoms with Crippen LogP contribution in [0.3, 0.4) is 0 Å². The summed E-state index contributed by atoms with van der Waals surface area (Å²) in [6, 6.07) is 6.90. The molecule has 1 aliphatic carbocycles. The van der Waals surface area contributed by atoms with Crippen molar-refractivity contribution in [1.82, 2.24) is 0 Å². The standard InChI is InChI=1S/C23H29NO3S/c1-14(2)27-22(26)15-7-6-8-17(11-15)24-21(25)19-13-28-20-12-16(23(3,4)5)9-10-18(19)20/h6-8,11,13-14,16H,9-10,12H2,1-5H3,(H,24,25). The Bertz CT molecular complexity index is 876. The lowest BCUT2D eigenvalue weighted by molar-refractivity contribution is 0.0377. The zero-order chi connectivity index (χ0) is 20.5. The maximum Gasteiger partial charge on any atom is 0.338 e. The normalized spacial score (nSPS) is 16.6. The number of hydrogen-bond acceptors (Lipinski definition) is 4. The Morgan fingerprint density at radius 3 is 2.68 bits per heavy atom. The minimum atomic E-state index is -0.382. The van der Waals surface area contributed by atoms with Crippen molar-refractivity contribution in [2.24, 2.45) is 11.3 Å². The van der Waals surface area contributed by atoms with E-state index in [0.717, 1.165) is 24.8 Å².